The number of Topliss-reactive ketones (excluding diaryl/α,β-unsaturated/α-hetero) is 1. The molecule has 0 saturated heterocycles. The first-order valence-electron chi connectivity index (χ1n) is 4.18. The smallest absolute Gasteiger partial charge is 0.338 e. The topological polar surface area (TPSA) is 54.4 Å². The molecule has 0 atom stereocenters. The molecule has 0 amide bonds. The van der Waals surface area contributed by atoms with E-state index in [4.69, 9.17) is 5.11 Å². The minimum atomic E-state index is -1.34. The van der Waals surface area contributed by atoms with Crippen molar-refractivity contribution in [2.45, 2.75) is 12.8 Å². The molecule has 0 aliphatic heterocycles. The lowest BCUT2D eigenvalue weighted by atomic mass is 10.1. The van der Waals surface area contributed by atoms with Crippen LogP contribution in [0.2, 0.25) is 0 Å². The van der Waals surface area contributed by atoms with E-state index in [1.54, 1.807) is 0 Å². The van der Waals surface area contributed by atoms with Crippen LogP contribution in [0.25, 0.3) is 0 Å². The van der Waals surface area contributed by atoms with E-state index in [0.717, 1.165) is 12.1 Å². The van der Waals surface area contributed by atoms with E-state index in [-0.39, 0.29) is 5.78 Å². The number of benzene rings is 1. The van der Waals surface area contributed by atoms with Crippen LogP contribution < -0.4 is 0 Å². The summed E-state index contributed by atoms with van der Waals surface area (Å²) >= 11 is 0. The molecule has 0 heterocycles. The summed E-state index contributed by atoms with van der Waals surface area (Å²) in [6.07, 6.45) is 0.850. The third-order valence-corrected chi connectivity index (χ3v) is 2.35. The number of carbonyl (C=O) groups excluding carboxylic acids is 1. The summed E-state index contributed by atoms with van der Waals surface area (Å²) in [5, 5.41) is 8.63. The molecule has 0 bridgehead atoms. The lowest BCUT2D eigenvalue weighted by Gasteiger charge is -2.01. The Labute approximate surface area is 79.2 Å². The van der Waals surface area contributed by atoms with Crippen LogP contribution in [-0.4, -0.2) is 16.9 Å². The van der Waals surface area contributed by atoms with Gasteiger partial charge in [-0.25, -0.2) is 9.18 Å². The number of hydrogen-bond acceptors (Lipinski definition) is 2. The van der Waals surface area contributed by atoms with Gasteiger partial charge >= 0.3 is 5.97 Å². The molecule has 1 aromatic rings. The quantitative estimate of drug-likeness (QED) is 0.739. The zero-order valence-corrected chi connectivity index (χ0v) is 7.21. The molecule has 1 aromatic carbocycles. The molecule has 0 radical (unpaired) electrons. The summed E-state index contributed by atoms with van der Waals surface area (Å²) in [6.45, 7) is 0. The molecule has 0 saturated carbocycles. The number of aromatic carboxylic acids is 1. The average molecular weight is 194 g/mol. The fourth-order valence-corrected chi connectivity index (χ4v) is 1.63. The van der Waals surface area contributed by atoms with Gasteiger partial charge in [0.25, 0.3) is 0 Å². The number of hydrogen-bond donors (Lipinski definition) is 1. The highest BCUT2D eigenvalue weighted by atomic mass is 19.1. The van der Waals surface area contributed by atoms with Crippen molar-refractivity contribution < 1.29 is 19.1 Å². The molecular formula is C10H7FO3. The van der Waals surface area contributed by atoms with Crippen molar-refractivity contribution in [1.29, 1.82) is 0 Å². The summed E-state index contributed by atoms with van der Waals surface area (Å²) < 4.78 is 13.1. The Bertz CT molecular complexity index is 436. The zero-order chi connectivity index (χ0) is 10.3. The number of carboxylic acids is 1. The first-order chi connectivity index (χ1) is 6.59. The molecule has 0 spiro atoms. The fraction of sp³-hybridized carbons (Fsp3) is 0.200. The van der Waals surface area contributed by atoms with Crippen LogP contribution in [-0.2, 0) is 6.42 Å². The molecule has 1 N–H and O–H groups in total. The average Bonchev–Trinajstić information content (AvgIpc) is 2.46. The van der Waals surface area contributed by atoms with Gasteiger partial charge in [0.2, 0.25) is 0 Å². The van der Waals surface area contributed by atoms with Gasteiger partial charge in [0.15, 0.2) is 5.78 Å². The molecule has 0 unspecified atom stereocenters. The second-order valence-electron chi connectivity index (χ2n) is 3.22. The number of carboxylic acid groups (broad SMARTS) is 1. The van der Waals surface area contributed by atoms with E-state index in [2.05, 4.69) is 0 Å². The number of fused-ring (bicyclic) bond motifs is 1. The molecular weight excluding hydrogens is 187 g/mol. The third kappa shape index (κ3) is 1.19. The summed E-state index contributed by atoms with van der Waals surface area (Å²) in [5.74, 6) is -2.22. The van der Waals surface area contributed by atoms with Crippen molar-refractivity contribution in [1.82, 2.24) is 0 Å². The second-order valence-corrected chi connectivity index (χ2v) is 3.22. The summed E-state index contributed by atoms with van der Waals surface area (Å²) in [4.78, 5) is 21.8. The Hall–Kier alpha value is -1.71. The van der Waals surface area contributed by atoms with E-state index in [9.17, 15) is 14.0 Å². The molecule has 72 valence electrons. The largest absolute Gasteiger partial charge is 0.478 e. The van der Waals surface area contributed by atoms with Gasteiger partial charge in [0.1, 0.15) is 5.82 Å². The van der Waals surface area contributed by atoms with Gasteiger partial charge in [0.05, 0.1) is 5.56 Å². The van der Waals surface area contributed by atoms with Gasteiger partial charge in [-0.2, -0.15) is 0 Å². The van der Waals surface area contributed by atoms with Crippen LogP contribution in [0.15, 0.2) is 12.1 Å². The van der Waals surface area contributed by atoms with Crippen LogP contribution in [0, 0.1) is 5.82 Å². The number of halogens is 1. The Morgan fingerprint density at radius 3 is 2.71 bits per heavy atom. The molecule has 4 heteroatoms. The molecule has 2 rings (SSSR count). The maximum absolute atomic E-state index is 13.1. The monoisotopic (exact) mass is 194 g/mol. The second kappa shape index (κ2) is 2.90. The van der Waals surface area contributed by atoms with Crippen molar-refractivity contribution in [3.05, 3.63) is 34.6 Å². The lowest BCUT2D eigenvalue weighted by molar-refractivity contribution is 0.0692. The van der Waals surface area contributed by atoms with Crippen molar-refractivity contribution in [2.24, 2.45) is 0 Å². The normalized spacial score (nSPS) is 14.2. The maximum atomic E-state index is 13.1. The van der Waals surface area contributed by atoms with Gasteiger partial charge < -0.3 is 5.11 Å². The van der Waals surface area contributed by atoms with Crippen LogP contribution in [0.5, 0.6) is 0 Å². The first-order valence-corrected chi connectivity index (χ1v) is 4.18. The third-order valence-electron chi connectivity index (χ3n) is 2.35. The van der Waals surface area contributed by atoms with Crippen molar-refractivity contribution >= 4 is 11.8 Å². The number of ketones is 1. The zero-order valence-electron chi connectivity index (χ0n) is 7.21. The van der Waals surface area contributed by atoms with Gasteiger partial charge in [-0.15, -0.1) is 0 Å². The highest BCUT2D eigenvalue weighted by molar-refractivity contribution is 6.02. The van der Waals surface area contributed by atoms with Crippen molar-refractivity contribution in [3.63, 3.8) is 0 Å². The number of carbonyl (C=O) groups is 2. The Morgan fingerprint density at radius 1 is 1.36 bits per heavy atom. The molecule has 14 heavy (non-hydrogen) atoms. The van der Waals surface area contributed by atoms with Crippen molar-refractivity contribution in [2.75, 3.05) is 0 Å². The Morgan fingerprint density at radius 2 is 2.07 bits per heavy atom. The number of aryl methyl sites for hydroxylation is 1. The van der Waals surface area contributed by atoms with E-state index < -0.39 is 17.3 Å². The maximum Gasteiger partial charge on any atom is 0.338 e. The van der Waals surface area contributed by atoms with E-state index >= 15 is 0 Å². The molecule has 1 aliphatic rings. The lowest BCUT2D eigenvalue weighted by Crippen LogP contribution is -2.03. The van der Waals surface area contributed by atoms with Crippen LogP contribution in [0.4, 0.5) is 4.39 Å². The van der Waals surface area contributed by atoms with E-state index in [0.29, 0.717) is 24.0 Å². The fourth-order valence-electron chi connectivity index (χ4n) is 1.63. The molecule has 0 fully saturated rings. The van der Waals surface area contributed by atoms with Crippen LogP contribution in [0.1, 0.15) is 32.7 Å². The Balaban J connectivity index is 2.62. The summed E-state index contributed by atoms with van der Waals surface area (Å²) in [6, 6.07) is 2.27. The van der Waals surface area contributed by atoms with Crippen LogP contribution >= 0.6 is 0 Å². The van der Waals surface area contributed by atoms with E-state index in [1.807, 2.05) is 0 Å². The standard InChI is InChI=1S/C10H7FO3/c11-8-3-5-1-2-9(12)6(5)4-7(8)10(13)14/h3-4H,1-2H2,(H,13,14). The minimum absolute atomic E-state index is 0.109. The minimum Gasteiger partial charge on any atom is -0.478 e. The van der Waals surface area contributed by atoms with Crippen LogP contribution in [0.3, 0.4) is 0 Å². The molecule has 0 aromatic heterocycles. The molecule has 3 nitrogen and oxygen atoms in total. The first kappa shape index (κ1) is 8.87. The summed E-state index contributed by atoms with van der Waals surface area (Å²) in [5.41, 5.74) is 0.528. The molecule has 1 aliphatic carbocycles. The SMILES string of the molecule is O=C(O)c1cc2c(cc1F)CCC2=O. The van der Waals surface area contributed by atoms with Crippen molar-refractivity contribution in [3.8, 4) is 0 Å². The highest BCUT2D eigenvalue weighted by Gasteiger charge is 2.23. The predicted octanol–water partition coefficient (Wildman–Crippen LogP) is 1.65. The highest BCUT2D eigenvalue weighted by Crippen LogP contribution is 2.24. The Kier molecular flexibility index (Phi) is 1.84. The van der Waals surface area contributed by atoms with Gasteiger partial charge in [-0.3, -0.25) is 4.79 Å². The van der Waals surface area contributed by atoms with Gasteiger partial charge in [0, 0.05) is 12.0 Å². The van der Waals surface area contributed by atoms with E-state index in [1.165, 1.54) is 0 Å². The van der Waals surface area contributed by atoms with Gasteiger partial charge in [-0.05, 0) is 24.1 Å². The van der Waals surface area contributed by atoms with Gasteiger partial charge in [-0.1, -0.05) is 0 Å². The summed E-state index contributed by atoms with van der Waals surface area (Å²) in [7, 11) is 0. The predicted molar refractivity (Wildman–Crippen MR) is 46.0 cm³/mol. The number of rotatable bonds is 1.